The summed E-state index contributed by atoms with van der Waals surface area (Å²) in [7, 11) is 3.53. The van der Waals surface area contributed by atoms with Crippen LogP contribution in [-0.4, -0.2) is 72.2 Å². The number of hydrogen-bond acceptors (Lipinski definition) is 6. The number of benzene rings is 1. The predicted molar refractivity (Wildman–Crippen MR) is 153 cm³/mol. The molecule has 0 aliphatic carbocycles. The molecular weight excluding hydrogens is 495 g/mol. The minimum Gasteiger partial charge on any atom is -0.493 e. The zero-order chi connectivity index (χ0) is 27.9. The van der Waals surface area contributed by atoms with E-state index in [0.717, 1.165) is 68.7 Å². The highest BCUT2D eigenvalue weighted by molar-refractivity contribution is 5.77. The number of aryl methyl sites for hydroxylation is 2. The van der Waals surface area contributed by atoms with Crippen LogP contribution in [0.3, 0.4) is 0 Å². The van der Waals surface area contributed by atoms with Gasteiger partial charge in [0.2, 0.25) is 0 Å². The Balaban J connectivity index is 1.30. The lowest BCUT2D eigenvalue weighted by atomic mass is 9.96. The molecule has 2 aliphatic rings. The summed E-state index contributed by atoms with van der Waals surface area (Å²) in [6.07, 6.45) is 8.19. The molecular formula is C31H45FN4O3. The molecule has 0 amide bonds. The van der Waals surface area contributed by atoms with Crippen LogP contribution in [-0.2, 0) is 24.1 Å². The number of hydrogen-bond donors (Lipinski definition) is 2. The fourth-order valence-electron chi connectivity index (χ4n) is 6.06. The fourth-order valence-corrected chi connectivity index (χ4v) is 6.06. The van der Waals surface area contributed by atoms with Crippen LogP contribution in [0.2, 0.25) is 0 Å². The third-order valence-corrected chi connectivity index (χ3v) is 8.09. The number of carbonyl (C=O) groups is 1. The Bertz CT molecular complexity index is 1130. The second-order valence-electron chi connectivity index (χ2n) is 11.6. The Morgan fingerprint density at radius 2 is 2.10 bits per heavy atom. The lowest BCUT2D eigenvalue weighted by Crippen LogP contribution is -2.38. The molecule has 8 heteroatoms. The molecule has 2 aromatic rings. The molecule has 3 heterocycles. The van der Waals surface area contributed by atoms with Crippen molar-refractivity contribution in [1.82, 2.24) is 14.8 Å². The number of carboxylic acid groups (broad SMARTS) is 1. The minimum atomic E-state index is -0.969. The number of nitrogens with zero attached hydrogens (tertiary/aromatic N) is 3. The van der Waals surface area contributed by atoms with E-state index in [4.69, 9.17) is 9.72 Å². The number of carboxylic acids is 1. The van der Waals surface area contributed by atoms with E-state index >= 15 is 0 Å². The number of unbranched alkanes of at least 4 members (excludes halogenated alkanes) is 2. The minimum absolute atomic E-state index is 0.0379. The molecule has 0 saturated carbocycles. The zero-order valence-electron chi connectivity index (χ0n) is 24.0. The fraction of sp³-hybridized carbons (Fsp3) is 0.613. The molecule has 2 atom stereocenters. The average Bonchev–Trinajstić information content (AvgIpc) is 3.37. The summed E-state index contributed by atoms with van der Waals surface area (Å²) >= 11 is 0. The van der Waals surface area contributed by atoms with Gasteiger partial charge in [0.1, 0.15) is 11.9 Å². The molecule has 1 saturated heterocycles. The normalized spacial score (nSPS) is 18.3. The van der Waals surface area contributed by atoms with Gasteiger partial charge in [-0.2, -0.15) is 0 Å². The molecule has 1 unspecified atom stereocenters. The van der Waals surface area contributed by atoms with Crippen molar-refractivity contribution in [2.75, 3.05) is 45.7 Å². The van der Waals surface area contributed by atoms with Gasteiger partial charge in [0.25, 0.3) is 0 Å². The van der Waals surface area contributed by atoms with Crippen molar-refractivity contribution in [2.24, 2.45) is 5.92 Å². The van der Waals surface area contributed by atoms with Crippen LogP contribution in [0.5, 0.6) is 5.75 Å². The molecule has 4 rings (SSSR count). The van der Waals surface area contributed by atoms with Gasteiger partial charge in [-0.25, -0.2) is 9.37 Å². The highest BCUT2D eigenvalue weighted by Crippen LogP contribution is 2.36. The maximum Gasteiger partial charge on any atom is 0.325 e. The number of likely N-dealkylation sites (tertiary alicyclic amines) is 1. The van der Waals surface area contributed by atoms with Gasteiger partial charge in [0.15, 0.2) is 11.6 Å². The first-order chi connectivity index (χ1) is 18.8. The summed E-state index contributed by atoms with van der Waals surface area (Å²) in [4.78, 5) is 21.6. The Morgan fingerprint density at radius 3 is 2.85 bits per heavy atom. The number of pyridine rings is 1. The SMILES string of the molecule is COc1c(F)cc(CC(C)C)cc1C(C(=O)O)N1CC[C@@H](N(C)CCCCCc2ccc3c(n2)NCCC3)C1. The third kappa shape index (κ3) is 7.48. The predicted octanol–water partition coefficient (Wildman–Crippen LogP) is 5.33. The van der Waals surface area contributed by atoms with E-state index in [-0.39, 0.29) is 11.8 Å². The summed E-state index contributed by atoms with van der Waals surface area (Å²) in [5, 5.41) is 13.6. The van der Waals surface area contributed by atoms with Crippen LogP contribution >= 0.6 is 0 Å². The van der Waals surface area contributed by atoms with Crippen molar-refractivity contribution in [1.29, 1.82) is 0 Å². The van der Waals surface area contributed by atoms with Crippen molar-refractivity contribution in [3.05, 3.63) is 52.5 Å². The summed E-state index contributed by atoms with van der Waals surface area (Å²) in [5.41, 5.74) is 3.70. The quantitative estimate of drug-likeness (QED) is 0.333. The number of methoxy groups -OCH3 is 1. The van der Waals surface area contributed by atoms with Crippen LogP contribution in [0.25, 0.3) is 0 Å². The van der Waals surface area contributed by atoms with E-state index in [0.29, 0.717) is 31.0 Å². The van der Waals surface area contributed by atoms with Gasteiger partial charge < -0.3 is 20.1 Å². The van der Waals surface area contributed by atoms with Crippen molar-refractivity contribution < 1.29 is 19.0 Å². The summed E-state index contributed by atoms with van der Waals surface area (Å²) in [6.45, 7) is 7.41. The molecule has 39 heavy (non-hydrogen) atoms. The first-order valence-electron chi connectivity index (χ1n) is 14.5. The average molecular weight is 541 g/mol. The van der Waals surface area contributed by atoms with Crippen molar-refractivity contribution in [3.63, 3.8) is 0 Å². The van der Waals surface area contributed by atoms with Gasteiger partial charge in [-0.3, -0.25) is 9.69 Å². The summed E-state index contributed by atoms with van der Waals surface area (Å²) < 4.78 is 20.3. The maximum absolute atomic E-state index is 14.9. The molecule has 0 radical (unpaired) electrons. The first kappa shape index (κ1) is 29.3. The second-order valence-corrected chi connectivity index (χ2v) is 11.6. The number of aliphatic carboxylic acids is 1. The number of aromatic nitrogens is 1. The number of nitrogens with one attached hydrogen (secondary N) is 1. The van der Waals surface area contributed by atoms with Crippen molar-refractivity contribution in [3.8, 4) is 5.75 Å². The number of ether oxygens (including phenoxy) is 1. The van der Waals surface area contributed by atoms with Crippen LogP contribution in [0.15, 0.2) is 24.3 Å². The Labute approximate surface area is 232 Å². The Morgan fingerprint density at radius 1 is 1.28 bits per heavy atom. The first-order valence-corrected chi connectivity index (χ1v) is 14.5. The van der Waals surface area contributed by atoms with E-state index < -0.39 is 17.8 Å². The zero-order valence-corrected chi connectivity index (χ0v) is 24.0. The van der Waals surface area contributed by atoms with Gasteiger partial charge in [-0.05, 0) is 93.8 Å². The smallest absolute Gasteiger partial charge is 0.325 e. The van der Waals surface area contributed by atoms with Gasteiger partial charge in [-0.1, -0.05) is 26.3 Å². The Hall–Kier alpha value is -2.71. The number of fused-ring (bicyclic) bond motifs is 1. The molecule has 1 fully saturated rings. The van der Waals surface area contributed by atoms with Crippen molar-refractivity contribution >= 4 is 11.8 Å². The molecule has 2 N–H and O–H groups in total. The molecule has 0 bridgehead atoms. The summed E-state index contributed by atoms with van der Waals surface area (Å²) in [6, 6.07) is 7.03. The third-order valence-electron chi connectivity index (χ3n) is 8.09. The van der Waals surface area contributed by atoms with Gasteiger partial charge in [-0.15, -0.1) is 0 Å². The van der Waals surface area contributed by atoms with Gasteiger partial charge in [0.05, 0.1) is 7.11 Å². The molecule has 214 valence electrons. The van der Waals surface area contributed by atoms with Gasteiger partial charge in [0, 0.05) is 36.9 Å². The van der Waals surface area contributed by atoms with E-state index in [1.54, 1.807) is 0 Å². The number of rotatable bonds is 13. The van der Waals surface area contributed by atoms with E-state index in [1.807, 2.05) is 11.0 Å². The van der Waals surface area contributed by atoms with Gasteiger partial charge >= 0.3 is 5.97 Å². The van der Waals surface area contributed by atoms with E-state index in [9.17, 15) is 14.3 Å². The maximum atomic E-state index is 14.9. The number of likely N-dealkylation sites (N-methyl/N-ethyl adjacent to an activating group) is 1. The second kappa shape index (κ2) is 13.6. The topological polar surface area (TPSA) is 77.9 Å². The monoisotopic (exact) mass is 540 g/mol. The molecule has 7 nitrogen and oxygen atoms in total. The molecule has 2 aliphatic heterocycles. The molecule has 1 aromatic carbocycles. The van der Waals surface area contributed by atoms with Crippen LogP contribution in [0, 0.1) is 11.7 Å². The van der Waals surface area contributed by atoms with Crippen LogP contribution in [0.4, 0.5) is 10.2 Å². The molecule has 0 spiro atoms. The molecule has 1 aromatic heterocycles. The van der Waals surface area contributed by atoms with Crippen LogP contribution < -0.4 is 10.1 Å². The van der Waals surface area contributed by atoms with Crippen LogP contribution in [0.1, 0.15) is 74.4 Å². The summed E-state index contributed by atoms with van der Waals surface area (Å²) in [5.74, 6) is -0.0211. The lowest BCUT2D eigenvalue weighted by Gasteiger charge is -2.29. The Kier molecular flexibility index (Phi) is 10.2. The van der Waals surface area contributed by atoms with Crippen molar-refractivity contribution in [2.45, 2.75) is 77.3 Å². The highest BCUT2D eigenvalue weighted by atomic mass is 19.1. The largest absolute Gasteiger partial charge is 0.493 e. The standard InChI is InChI=1S/C31H45FN4O3/c1-21(2)17-22-18-26(29(39-4)27(32)19-22)28(31(37)38)36-16-13-25(20-36)35(3)15-7-5-6-10-24-12-11-23-9-8-14-33-30(23)34-24/h11-12,18-19,21,25,28H,5-10,13-17,20H2,1-4H3,(H,33,34)(H,37,38)/t25-,28?/m1/s1. The highest BCUT2D eigenvalue weighted by Gasteiger charge is 2.37. The van der Waals surface area contributed by atoms with E-state index in [1.165, 1.54) is 25.2 Å². The number of halogens is 1. The lowest BCUT2D eigenvalue weighted by molar-refractivity contribution is -0.143. The number of anilines is 1. The van der Waals surface area contributed by atoms with E-state index in [2.05, 4.69) is 43.2 Å².